The van der Waals surface area contributed by atoms with Crippen LogP contribution in [-0.4, -0.2) is 27.9 Å². The first-order valence-electron chi connectivity index (χ1n) is 7.50. The zero-order valence-corrected chi connectivity index (χ0v) is 14.1. The Bertz CT molecular complexity index is 915. The van der Waals surface area contributed by atoms with Crippen LogP contribution in [0.3, 0.4) is 0 Å². The summed E-state index contributed by atoms with van der Waals surface area (Å²) >= 11 is 4.81. The van der Waals surface area contributed by atoms with Gasteiger partial charge in [-0.2, -0.15) is 8.78 Å². The summed E-state index contributed by atoms with van der Waals surface area (Å²) in [7, 11) is 0. The van der Waals surface area contributed by atoms with E-state index in [4.69, 9.17) is 11.6 Å². The van der Waals surface area contributed by atoms with E-state index in [1.165, 1.54) is 24.3 Å². The summed E-state index contributed by atoms with van der Waals surface area (Å²) in [6.07, 6.45) is -0.657. The Morgan fingerprint density at radius 3 is 2.44 bits per heavy atom. The largest absolute Gasteiger partial charge is 0.388 e. The molecule has 2 aromatic rings. The number of halogens is 5. The molecule has 1 atom stereocenters. The lowest BCUT2D eigenvalue weighted by Gasteiger charge is -2.23. The summed E-state index contributed by atoms with van der Waals surface area (Å²) in [5.41, 5.74) is 0.249. The zero-order chi connectivity index (χ0) is 19.8. The van der Waals surface area contributed by atoms with Gasteiger partial charge in [-0.1, -0.05) is 17.3 Å². The van der Waals surface area contributed by atoms with E-state index in [-0.39, 0.29) is 17.0 Å². The Morgan fingerprint density at radius 1 is 1.22 bits per heavy atom. The highest BCUT2D eigenvalue weighted by molar-refractivity contribution is 6.22. The van der Waals surface area contributed by atoms with Crippen LogP contribution in [0.2, 0.25) is 0 Å². The lowest BCUT2D eigenvalue weighted by atomic mass is 10.0. The van der Waals surface area contributed by atoms with Gasteiger partial charge in [0.25, 0.3) is 5.91 Å². The number of anilines is 1. The minimum atomic E-state index is -4.04. The van der Waals surface area contributed by atoms with Gasteiger partial charge in [0.15, 0.2) is 0 Å². The summed E-state index contributed by atoms with van der Waals surface area (Å²) < 4.78 is 52.8. The number of carbonyl (C=O) groups excluding carboxylic acids is 1. The monoisotopic (exact) mass is 402 g/mol. The number of hydrogen-bond acceptors (Lipinski definition) is 4. The minimum absolute atomic E-state index is 0.00867. The fraction of sp³-hybridized carbons (Fsp3) is 0.176. The van der Waals surface area contributed by atoms with E-state index in [0.717, 1.165) is 12.1 Å². The van der Waals surface area contributed by atoms with Crippen molar-refractivity contribution in [1.82, 2.24) is 0 Å². The van der Waals surface area contributed by atoms with E-state index in [0.29, 0.717) is 11.6 Å². The Morgan fingerprint density at radius 2 is 1.89 bits per heavy atom. The molecule has 2 aromatic carbocycles. The summed E-state index contributed by atoms with van der Waals surface area (Å²) in [5.74, 6) is -5.34. The molecule has 1 aliphatic heterocycles. The normalized spacial score (nSPS) is 19.4. The van der Waals surface area contributed by atoms with Crippen LogP contribution in [-0.2, 0) is 4.84 Å². The van der Waals surface area contributed by atoms with E-state index >= 15 is 0 Å². The third-order valence-electron chi connectivity index (χ3n) is 3.82. The van der Waals surface area contributed by atoms with Gasteiger partial charge < -0.3 is 15.3 Å². The van der Waals surface area contributed by atoms with Crippen molar-refractivity contribution in [2.24, 2.45) is 5.16 Å². The summed E-state index contributed by atoms with van der Waals surface area (Å²) in [6, 6.07) is 8.15. The Labute approximate surface area is 155 Å². The van der Waals surface area contributed by atoms with Crippen molar-refractivity contribution < 1.29 is 32.3 Å². The van der Waals surface area contributed by atoms with E-state index < -0.39 is 35.1 Å². The molecule has 0 fully saturated rings. The molecule has 27 heavy (non-hydrogen) atoms. The van der Waals surface area contributed by atoms with E-state index in [1.54, 1.807) is 0 Å². The van der Waals surface area contributed by atoms with Crippen LogP contribution >= 0.6 is 11.6 Å². The fourth-order valence-corrected chi connectivity index (χ4v) is 2.43. The molecule has 0 aromatic heterocycles. The van der Waals surface area contributed by atoms with Crippen LogP contribution in [0.15, 0.2) is 47.6 Å². The Balaban J connectivity index is 1.71. The van der Waals surface area contributed by atoms with Crippen LogP contribution in [0.5, 0.6) is 0 Å². The Kier molecular flexibility index (Phi) is 4.83. The van der Waals surface area contributed by atoms with Crippen molar-refractivity contribution in [3.63, 3.8) is 0 Å². The van der Waals surface area contributed by atoms with Gasteiger partial charge >= 0.3 is 11.2 Å². The van der Waals surface area contributed by atoms with Gasteiger partial charge in [-0.05, 0) is 41.4 Å². The molecular formula is C17H11ClF4N2O3. The molecule has 0 saturated heterocycles. The number of benzene rings is 2. The van der Waals surface area contributed by atoms with E-state index in [2.05, 4.69) is 15.3 Å². The third-order valence-corrected chi connectivity index (χ3v) is 4.11. The molecule has 5 nitrogen and oxygen atoms in total. The van der Waals surface area contributed by atoms with Gasteiger partial charge in [-0.25, -0.2) is 8.78 Å². The molecule has 10 heteroatoms. The van der Waals surface area contributed by atoms with Crippen molar-refractivity contribution in [2.75, 3.05) is 5.32 Å². The number of rotatable bonds is 4. The van der Waals surface area contributed by atoms with Gasteiger partial charge in [0.1, 0.15) is 11.6 Å². The summed E-state index contributed by atoms with van der Waals surface area (Å²) in [4.78, 5) is 16.5. The van der Waals surface area contributed by atoms with Gasteiger partial charge in [0.2, 0.25) is 0 Å². The highest BCUT2D eigenvalue weighted by atomic mass is 35.5. The topological polar surface area (TPSA) is 70.9 Å². The van der Waals surface area contributed by atoms with Crippen molar-refractivity contribution in [3.05, 3.63) is 65.2 Å². The van der Waals surface area contributed by atoms with E-state index in [1.807, 2.05) is 0 Å². The molecule has 1 heterocycles. The molecular weight excluding hydrogens is 392 g/mol. The zero-order valence-electron chi connectivity index (χ0n) is 13.3. The smallest absolute Gasteiger partial charge is 0.351 e. The fourth-order valence-electron chi connectivity index (χ4n) is 2.33. The maximum absolute atomic E-state index is 13.6. The molecule has 1 unspecified atom stereocenters. The average molecular weight is 403 g/mol. The van der Waals surface area contributed by atoms with Crippen molar-refractivity contribution >= 4 is 28.9 Å². The molecule has 0 radical (unpaired) electrons. The predicted molar refractivity (Wildman–Crippen MR) is 88.7 cm³/mol. The molecule has 0 spiro atoms. The number of nitrogens with one attached hydrogen (secondary N) is 1. The van der Waals surface area contributed by atoms with Gasteiger partial charge in [-0.3, -0.25) is 4.79 Å². The first-order valence-corrected chi connectivity index (χ1v) is 7.88. The lowest BCUT2D eigenvalue weighted by molar-refractivity contribution is -0.272. The minimum Gasteiger partial charge on any atom is -0.351 e. The maximum atomic E-state index is 13.6. The van der Waals surface area contributed by atoms with Crippen molar-refractivity contribution in [3.8, 4) is 0 Å². The highest BCUT2D eigenvalue weighted by Gasteiger charge is 2.58. The number of aliphatic hydroxyl groups is 1. The predicted octanol–water partition coefficient (Wildman–Crippen LogP) is 3.86. The summed E-state index contributed by atoms with van der Waals surface area (Å²) in [5, 5.41) is 11.3. The number of hydrogen-bond donors (Lipinski definition) is 2. The highest BCUT2D eigenvalue weighted by Crippen LogP contribution is 2.40. The number of carbonyl (C=O) groups is 1. The molecule has 2 N–H and O–H groups in total. The number of oxime groups is 1. The molecule has 0 bridgehead atoms. The average Bonchev–Trinajstić information content (AvgIpc) is 3.01. The van der Waals surface area contributed by atoms with E-state index in [9.17, 15) is 27.5 Å². The summed E-state index contributed by atoms with van der Waals surface area (Å²) in [6.45, 7) is 0. The van der Waals surface area contributed by atoms with Crippen LogP contribution in [0, 0.1) is 11.6 Å². The second kappa shape index (κ2) is 6.82. The third kappa shape index (κ3) is 3.88. The quantitative estimate of drug-likeness (QED) is 0.602. The molecule has 1 aliphatic rings. The standard InChI is InChI=1S/C17H11ClF4N2O3/c18-17(21,22)16(26)8-14(24-27-16)9-1-3-10(4-2-9)15(25)23-13-6-5-11(19)7-12(13)20/h1-7,26H,8H2,(H,23,25). The first-order chi connectivity index (χ1) is 12.6. The van der Waals surface area contributed by atoms with Crippen molar-refractivity contribution in [1.29, 1.82) is 0 Å². The van der Waals surface area contributed by atoms with Crippen LogP contribution in [0.4, 0.5) is 23.2 Å². The number of amides is 1. The van der Waals surface area contributed by atoms with Crippen LogP contribution in [0.25, 0.3) is 0 Å². The molecule has 0 saturated carbocycles. The number of nitrogens with zero attached hydrogens (tertiary/aromatic N) is 1. The number of alkyl halides is 3. The van der Waals surface area contributed by atoms with Crippen LogP contribution in [0.1, 0.15) is 22.3 Å². The van der Waals surface area contributed by atoms with Crippen LogP contribution < -0.4 is 5.32 Å². The lowest BCUT2D eigenvalue weighted by Crippen LogP contribution is -2.44. The van der Waals surface area contributed by atoms with Gasteiger partial charge in [0, 0.05) is 11.6 Å². The van der Waals surface area contributed by atoms with Gasteiger partial charge in [-0.15, -0.1) is 0 Å². The Hall–Kier alpha value is -2.65. The second-order valence-electron chi connectivity index (χ2n) is 5.74. The first kappa shape index (κ1) is 19.1. The molecule has 0 aliphatic carbocycles. The maximum Gasteiger partial charge on any atom is 0.388 e. The molecule has 142 valence electrons. The molecule has 3 rings (SSSR count). The van der Waals surface area contributed by atoms with Gasteiger partial charge in [0.05, 0.1) is 17.8 Å². The second-order valence-corrected chi connectivity index (χ2v) is 6.22. The SMILES string of the molecule is O=C(Nc1ccc(F)cc1F)c1ccc(C2=NOC(O)(C(F)(F)Cl)C2)cc1. The molecule has 1 amide bonds. The van der Waals surface area contributed by atoms with Crippen molar-refractivity contribution in [2.45, 2.75) is 17.6 Å².